The van der Waals surface area contributed by atoms with Crippen LogP contribution in [0.1, 0.15) is 15.2 Å². The SMILES string of the molecule is O=C(CNCc1ccc(Cl)cc1)c1sccc1Cl. The third kappa shape index (κ3) is 3.56. The number of thiophene rings is 1. The largest absolute Gasteiger partial charge is 0.306 e. The molecule has 0 radical (unpaired) electrons. The third-order valence-electron chi connectivity index (χ3n) is 2.40. The lowest BCUT2D eigenvalue weighted by molar-refractivity contribution is 0.0995. The maximum absolute atomic E-state index is 11.8. The highest BCUT2D eigenvalue weighted by atomic mass is 35.5. The number of ketones is 1. The van der Waals surface area contributed by atoms with E-state index in [2.05, 4.69) is 5.32 Å². The first-order chi connectivity index (χ1) is 8.66. The lowest BCUT2D eigenvalue weighted by Crippen LogP contribution is -2.22. The van der Waals surface area contributed by atoms with Gasteiger partial charge in [-0.25, -0.2) is 0 Å². The molecule has 94 valence electrons. The first kappa shape index (κ1) is 13.6. The molecule has 0 fully saturated rings. The van der Waals surface area contributed by atoms with Gasteiger partial charge >= 0.3 is 0 Å². The van der Waals surface area contributed by atoms with Crippen molar-refractivity contribution >= 4 is 40.3 Å². The van der Waals surface area contributed by atoms with Gasteiger partial charge in [-0.05, 0) is 29.1 Å². The molecular formula is C13H11Cl2NOS. The van der Waals surface area contributed by atoms with Gasteiger partial charge in [-0.1, -0.05) is 35.3 Å². The first-order valence-electron chi connectivity index (χ1n) is 5.38. The Morgan fingerprint density at radius 1 is 1.17 bits per heavy atom. The second-order valence-electron chi connectivity index (χ2n) is 3.75. The molecule has 1 aromatic carbocycles. The zero-order valence-corrected chi connectivity index (χ0v) is 11.8. The van der Waals surface area contributed by atoms with Crippen molar-refractivity contribution in [3.8, 4) is 0 Å². The van der Waals surface area contributed by atoms with Crippen LogP contribution in [0.5, 0.6) is 0 Å². The summed E-state index contributed by atoms with van der Waals surface area (Å²) in [4.78, 5) is 12.4. The van der Waals surface area contributed by atoms with E-state index in [0.717, 1.165) is 5.56 Å². The van der Waals surface area contributed by atoms with Crippen molar-refractivity contribution in [1.82, 2.24) is 5.32 Å². The van der Waals surface area contributed by atoms with Crippen LogP contribution < -0.4 is 5.32 Å². The molecule has 2 rings (SSSR count). The fraction of sp³-hybridized carbons (Fsp3) is 0.154. The number of carbonyl (C=O) groups excluding carboxylic acids is 1. The number of rotatable bonds is 5. The number of benzene rings is 1. The molecule has 2 aromatic rings. The Labute approximate surface area is 120 Å². The Balaban J connectivity index is 1.84. The predicted molar refractivity (Wildman–Crippen MR) is 76.8 cm³/mol. The fourth-order valence-electron chi connectivity index (χ4n) is 1.50. The number of Topliss-reactive ketones (excluding diaryl/α,β-unsaturated/α-hetero) is 1. The van der Waals surface area contributed by atoms with Gasteiger partial charge in [0, 0.05) is 11.6 Å². The normalized spacial score (nSPS) is 10.6. The van der Waals surface area contributed by atoms with Gasteiger partial charge in [0.2, 0.25) is 0 Å². The van der Waals surface area contributed by atoms with Crippen molar-refractivity contribution in [2.75, 3.05) is 6.54 Å². The predicted octanol–water partition coefficient (Wildman–Crippen LogP) is 4.03. The van der Waals surface area contributed by atoms with Crippen molar-refractivity contribution in [1.29, 1.82) is 0 Å². The van der Waals surface area contributed by atoms with E-state index in [4.69, 9.17) is 23.2 Å². The minimum Gasteiger partial charge on any atom is -0.306 e. The quantitative estimate of drug-likeness (QED) is 0.845. The molecule has 0 amide bonds. The molecule has 0 saturated carbocycles. The monoisotopic (exact) mass is 299 g/mol. The van der Waals surface area contributed by atoms with E-state index in [9.17, 15) is 4.79 Å². The molecule has 2 nitrogen and oxygen atoms in total. The highest BCUT2D eigenvalue weighted by molar-refractivity contribution is 7.12. The Kier molecular flexibility index (Phi) is 4.78. The minimum atomic E-state index is 0.0176. The molecule has 0 spiro atoms. The average molecular weight is 300 g/mol. The zero-order chi connectivity index (χ0) is 13.0. The molecule has 0 saturated heterocycles. The summed E-state index contributed by atoms with van der Waals surface area (Å²) in [5.41, 5.74) is 1.09. The van der Waals surface area contributed by atoms with Crippen LogP contribution in [0.15, 0.2) is 35.7 Å². The van der Waals surface area contributed by atoms with Gasteiger partial charge in [-0.3, -0.25) is 4.79 Å². The van der Waals surface area contributed by atoms with E-state index in [1.807, 2.05) is 29.6 Å². The van der Waals surface area contributed by atoms with Crippen molar-refractivity contribution in [2.24, 2.45) is 0 Å². The number of carbonyl (C=O) groups is 1. The molecule has 1 N–H and O–H groups in total. The number of hydrogen-bond donors (Lipinski definition) is 1. The molecule has 0 bridgehead atoms. The Morgan fingerprint density at radius 3 is 2.50 bits per heavy atom. The molecule has 1 aromatic heterocycles. The van der Waals surface area contributed by atoms with Crippen LogP contribution in [-0.2, 0) is 6.54 Å². The standard InChI is InChI=1S/C13H11Cl2NOS/c14-10-3-1-9(2-4-10)7-16-8-12(17)13-11(15)5-6-18-13/h1-6,16H,7-8H2. The van der Waals surface area contributed by atoms with Gasteiger partial charge in [-0.2, -0.15) is 0 Å². The topological polar surface area (TPSA) is 29.1 Å². The Bertz CT molecular complexity index is 536. The second kappa shape index (κ2) is 6.34. The van der Waals surface area contributed by atoms with Crippen molar-refractivity contribution in [3.63, 3.8) is 0 Å². The maximum atomic E-state index is 11.8. The maximum Gasteiger partial charge on any atom is 0.188 e. The van der Waals surface area contributed by atoms with Gasteiger partial charge in [0.05, 0.1) is 16.4 Å². The zero-order valence-electron chi connectivity index (χ0n) is 9.45. The van der Waals surface area contributed by atoms with Crippen LogP contribution in [0, 0.1) is 0 Å². The van der Waals surface area contributed by atoms with E-state index < -0.39 is 0 Å². The molecular weight excluding hydrogens is 289 g/mol. The smallest absolute Gasteiger partial charge is 0.188 e. The highest BCUT2D eigenvalue weighted by Gasteiger charge is 2.10. The number of halogens is 2. The number of hydrogen-bond acceptors (Lipinski definition) is 3. The summed E-state index contributed by atoms with van der Waals surface area (Å²) in [6.07, 6.45) is 0. The summed E-state index contributed by atoms with van der Waals surface area (Å²) in [6, 6.07) is 9.25. The lowest BCUT2D eigenvalue weighted by Gasteiger charge is -2.04. The summed E-state index contributed by atoms with van der Waals surface area (Å²) in [6.45, 7) is 0.911. The Morgan fingerprint density at radius 2 is 1.89 bits per heavy atom. The molecule has 0 atom stereocenters. The average Bonchev–Trinajstić information content (AvgIpc) is 2.78. The molecule has 0 aliphatic rings. The molecule has 1 heterocycles. The van der Waals surface area contributed by atoms with Crippen LogP contribution >= 0.6 is 34.5 Å². The van der Waals surface area contributed by atoms with E-state index in [1.54, 1.807) is 6.07 Å². The van der Waals surface area contributed by atoms with Gasteiger partial charge in [0.15, 0.2) is 5.78 Å². The summed E-state index contributed by atoms with van der Waals surface area (Å²) < 4.78 is 0. The summed E-state index contributed by atoms with van der Waals surface area (Å²) in [5, 5.41) is 6.14. The van der Waals surface area contributed by atoms with E-state index in [1.165, 1.54) is 11.3 Å². The molecule has 18 heavy (non-hydrogen) atoms. The van der Waals surface area contributed by atoms with Crippen molar-refractivity contribution < 1.29 is 4.79 Å². The Hall–Kier alpha value is -0.870. The van der Waals surface area contributed by atoms with Gasteiger partial charge in [0.1, 0.15) is 0 Å². The molecule has 0 aliphatic heterocycles. The van der Waals surface area contributed by atoms with Crippen LogP contribution in [0.4, 0.5) is 0 Å². The molecule has 5 heteroatoms. The van der Waals surface area contributed by atoms with E-state index in [-0.39, 0.29) is 12.3 Å². The third-order valence-corrected chi connectivity index (χ3v) is 4.03. The van der Waals surface area contributed by atoms with Crippen LogP contribution in [0.25, 0.3) is 0 Å². The summed E-state index contributed by atoms with van der Waals surface area (Å²) in [5.74, 6) is 0.0176. The first-order valence-corrected chi connectivity index (χ1v) is 7.02. The summed E-state index contributed by atoms with van der Waals surface area (Å²) >= 11 is 13.1. The summed E-state index contributed by atoms with van der Waals surface area (Å²) in [7, 11) is 0. The molecule has 0 unspecified atom stereocenters. The van der Waals surface area contributed by atoms with Gasteiger partial charge in [0.25, 0.3) is 0 Å². The number of nitrogens with one attached hydrogen (secondary N) is 1. The minimum absolute atomic E-state index is 0.0176. The van der Waals surface area contributed by atoms with Gasteiger partial charge in [-0.15, -0.1) is 11.3 Å². The van der Waals surface area contributed by atoms with E-state index >= 15 is 0 Å². The van der Waals surface area contributed by atoms with Crippen molar-refractivity contribution in [2.45, 2.75) is 6.54 Å². The van der Waals surface area contributed by atoms with Crippen LogP contribution in [0.3, 0.4) is 0 Å². The molecule has 0 aliphatic carbocycles. The van der Waals surface area contributed by atoms with Crippen molar-refractivity contribution in [3.05, 3.63) is 56.2 Å². The van der Waals surface area contributed by atoms with Crippen LogP contribution in [0.2, 0.25) is 10.0 Å². The highest BCUT2D eigenvalue weighted by Crippen LogP contribution is 2.22. The lowest BCUT2D eigenvalue weighted by atomic mass is 10.2. The second-order valence-corrected chi connectivity index (χ2v) is 5.51. The van der Waals surface area contributed by atoms with E-state index in [0.29, 0.717) is 21.5 Å². The van der Waals surface area contributed by atoms with Crippen LogP contribution in [-0.4, -0.2) is 12.3 Å². The van der Waals surface area contributed by atoms with Gasteiger partial charge < -0.3 is 5.32 Å². The fourth-order valence-corrected chi connectivity index (χ4v) is 2.72.